The van der Waals surface area contributed by atoms with Gasteiger partial charge in [0, 0.05) is 10.9 Å². The average Bonchev–Trinajstić information content (AvgIpc) is 2.73. The van der Waals surface area contributed by atoms with Gasteiger partial charge in [0.15, 0.2) is 0 Å². The monoisotopic (exact) mass is 428 g/mol. The van der Waals surface area contributed by atoms with Crippen molar-refractivity contribution in [1.29, 1.82) is 0 Å². The molecule has 1 aliphatic heterocycles. The molecule has 1 nitrogen and oxygen atoms in total. The van der Waals surface area contributed by atoms with Crippen molar-refractivity contribution in [2.24, 2.45) is 0 Å². The van der Waals surface area contributed by atoms with E-state index in [1.165, 1.54) is 11.1 Å². The first-order chi connectivity index (χ1) is 9.85. The number of rotatable bonds is 2. The zero-order valence-corrected chi connectivity index (χ0v) is 15.7. The minimum absolute atomic E-state index is 0.107. The second-order valence-corrected chi connectivity index (χ2v) is 8.12. The van der Waals surface area contributed by atoms with Crippen molar-refractivity contribution < 1.29 is 4.74 Å². The molecule has 0 fully saturated rings. The smallest absolute Gasteiger partial charge is 0.123 e. The predicted octanol–water partition coefficient (Wildman–Crippen LogP) is 6.30. The van der Waals surface area contributed by atoms with Gasteiger partial charge in [-0.25, -0.2) is 0 Å². The van der Waals surface area contributed by atoms with Gasteiger partial charge in [-0.05, 0) is 64.7 Å². The van der Waals surface area contributed by atoms with E-state index in [9.17, 15) is 0 Å². The lowest BCUT2D eigenvalue weighted by atomic mass is 9.98. The number of ether oxygens (including phenoxy) is 1. The molecular weight excluding hydrogens is 415 g/mol. The van der Waals surface area contributed by atoms with Crippen molar-refractivity contribution in [3.05, 3.63) is 62.6 Å². The molecule has 1 atom stereocenters. The van der Waals surface area contributed by atoms with E-state index in [1.54, 1.807) is 0 Å². The highest BCUT2D eigenvalue weighted by molar-refractivity contribution is 9.10. The number of hydrogen-bond acceptors (Lipinski definition) is 1. The van der Waals surface area contributed by atoms with Crippen LogP contribution in [-0.2, 0) is 6.42 Å². The van der Waals surface area contributed by atoms with Crippen LogP contribution in [-0.4, -0.2) is 5.60 Å². The van der Waals surface area contributed by atoms with E-state index < -0.39 is 0 Å². The SMILES string of the molecule is CC1(C)Cc2cc(C(Br)c3ccc(Br)c(Cl)c3)ccc2O1. The third-order valence-corrected chi connectivity index (χ3v) is 5.91. The zero-order valence-electron chi connectivity index (χ0n) is 11.8. The fourth-order valence-corrected chi connectivity index (χ4v) is 3.65. The van der Waals surface area contributed by atoms with Crippen LogP contribution in [0.2, 0.25) is 5.02 Å². The number of hydrogen-bond donors (Lipinski definition) is 0. The molecule has 0 radical (unpaired) electrons. The van der Waals surface area contributed by atoms with Gasteiger partial charge in [-0.15, -0.1) is 0 Å². The molecule has 1 heterocycles. The molecular formula is C17H15Br2ClO. The molecule has 0 aromatic heterocycles. The summed E-state index contributed by atoms with van der Waals surface area (Å²) in [6, 6.07) is 12.4. The zero-order chi connectivity index (χ0) is 15.2. The predicted molar refractivity (Wildman–Crippen MR) is 94.8 cm³/mol. The third kappa shape index (κ3) is 3.15. The normalized spacial score (nSPS) is 17.2. The molecule has 0 saturated heterocycles. The summed E-state index contributed by atoms with van der Waals surface area (Å²) in [5.41, 5.74) is 3.52. The van der Waals surface area contributed by atoms with E-state index in [-0.39, 0.29) is 10.4 Å². The highest BCUT2D eigenvalue weighted by Crippen LogP contribution is 2.40. The molecule has 3 rings (SSSR count). The van der Waals surface area contributed by atoms with Gasteiger partial charge >= 0.3 is 0 Å². The number of benzene rings is 2. The Hall–Kier alpha value is -0.510. The molecule has 0 saturated carbocycles. The lowest BCUT2D eigenvalue weighted by Gasteiger charge is -2.16. The van der Waals surface area contributed by atoms with Gasteiger partial charge in [0.25, 0.3) is 0 Å². The molecule has 0 spiro atoms. The number of alkyl halides is 1. The fourth-order valence-electron chi connectivity index (χ4n) is 2.65. The maximum atomic E-state index is 6.19. The van der Waals surface area contributed by atoms with E-state index in [0.29, 0.717) is 0 Å². The van der Waals surface area contributed by atoms with Crippen molar-refractivity contribution >= 4 is 43.5 Å². The van der Waals surface area contributed by atoms with Crippen LogP contribution in [0.5, 0.6) is 5.75 Å². The highest BCUT2D eigenvalue weighted by atomic mass is 79.9. The summed E-state index contributed by atoms with van der Waals surface area (Å²) in [6.45, 7) is 4.24. The standard InChI is InChI=1S/C17H15Br2ClO/c1-17(2)9-12-7-10(4-6-15(12)21-17)16(19)11-3-5-13(18)14(20)8-11/h3-8,16H,9H2,1-2H3. The third-order valence-electron chi connectivity index (χ3n) is 3.62. The molecule has 0 aliphatic carbocycles. The van der Waals surface area contributed by atoms with Crippen molar-refractivity contribution in [1.82, 2.24) is 0 Å². The maximum Gasteiger partial charge on any atom is 0.123 e. The molecule has 1 unspecified atom stereocenters. The highest BCUT2D eigenvalue weighted by Gasteiger charge is 2.30. The van der Waals surface area contributed by atoms with E-state index in [4.69, 9.17) is 16.3 Å². The Kier molecular flexibility index (Phi) is 4.10. The first-order valence-corrected chi connectivity index (χ1v) is 8.85. The number of halogens is 3. The first kappa shape index (κ1) is 15.4. The first-order valence-electron chi connectivity index (χ1n) is 6.76. The van der Waals surface area contributed by atoms with E-state index in [2.05, 4.69) is 70.0 Å². The quantitative estimate of drug-likeness (QED) is 0.508. The summed E-state index contributed by atoms with van der Waals surface area (Å²) in [6.07, 6.45) is 0.941. The number of fused-ring (bicyclic) bond motifs is 1. The Morgan fingerprint density at radius 1 is 1.14 bits per heavy atom. The molecule has 2 aromatic carbocycles. The Labute approximate surface area is 146 Å². The van der Waals surface area contributed by atoms with Gasteiger partial charge in [-0.3, -0.25) is 0 Å². The molecule has 21 heavy (non-hydrogen) atoms. The van der Waals surface area contributed by atoms with Crippen molar-refractivity contribution in [3.8, 4) is 5.75 Å². The van der Waals surface area contributed by atoms with Crippen LogP contribution in [0.25, 0.3) is 0 Å². The van der Waals surface area contributed by atoms with Crippen LogP contribution >= 0.6 is 43.5 Å². The van der Waals surface area contributed by atoms with Gasteiger partial charge in [0.1, 0.15) is 11.4 Å². The van der Waals surface area contributed by atoms with Crippen LogP contribution in [0.1, 0.15) is 35.4 Å². The van der Waals surface area contributed by atoms with E-state index >= 15 is 0 Å². The van der Waals surface area contributed by atoms with Crippen LogP contribution in [0, 0.1) is 0 Å². The van der Waals surface area contributed by atoms with E-state index in [0.717, 1.165) is 27.2 Å². The summed E-state index contributed by atoms with van der Waals surface area (Å²) in [7, 11) is 0. The summed E-state index contributed by atoms with van der Waals surface area (Å²) < 4.78 is 6.84. The van der Waals surface area contributed by atoms with Gasteiger partial charge in [0.2, 0.25) is 0 Å². The lowest BCUT2D eigenvalue weighted by molar-refractivity contribution is 0.138. The van der Waals surface area contributed by atoms with Crippen molar-refractivity contribution in [2.75, 3.05) is 0 Å². The van der Waals surface area contributed by atoms with Gasteiger partial charge in [-0.1, -0.05) is 45.7 Å². The van der Waals surface area contributed by atoms with Gasteiger partial charge < -0.3 is 4.74 Å². The summed E-state index contributed by atoms with van der Waals surface area (Å²) >= 11 is 13.4. The van der Waals surface area contributed by atoms with Crippen molar-refractivity contribution in [3.63, 3.8) is 0 Å². The summed E-state index contributed by atoms with van der Waals surface area (Å²) in [5, 5.41) is 0.725. The molecule has 0 N–H and O–H groups in total. The summed E-state index contributed by atoms with van der Waals surface area (Å²) in [4.78, 5) is 0.122. The second kappa shape index (κ2) is 5.60. The van der Waals surface area contributed by atoms with Gasteiger partial charge in [0.05, 0.1) is 9.85 Å². The maximum absolute atomic E-state index is 6.19. The Morgan fingerprint density at radius 2 is 1.81 bits per heavy atom. The van der Waals surface area contributed by atoms with Crippen LogP contribution in [0.4, 0.5) is 0 Å². The molecule has 0 bridgehead atoms. The fraction of sp³-hybridized carbons (Fsp3) is 0.294. The molecule has 4 heteroatoms. The van der Waals surface area contributed by atoms with Crippen molar-refractivity contribution in [2.45, 2.75) is 30.7 Å². The second-order valence-electron chi connectivity index (χ2n) is 5.94. The minimum Gasteiger partial charge on any atom is -0.487 e. The molecule has 2 aromatic rings. The van der Waals surface area contributed by atoms with Crippen LogP contribution in [0.3, 0.4) is 0 Å². The molecule has 1 aliphatic rings. The van der Waals surface area contributed by atoms with Gasteiger partial charge in [-0.2, -0.15) is 0 Å². The van der Waals surface area contributed by atoms with E-state index in [1.807, 2.05) is 12.1 Å². The van der Waals surface area contributed by atoms with Crippen LogP contribution in [0.15, 0.2) is 40.9 Å². The lowest BCUT2D eigenvalue weighted by Crippen LogP contribution is -2.24. The topological polar surface area (TPSA) is 9.23 Å². The minimum atomic E-state index is -0.107. The Bertz CT molecular complexity index is 697. The average molecular weight is 431 g/mol. The Morgan fingerprint density at radius 3 is 2.52 bits per heavy atom. The summed E-state index contributed by atoms with van der Waals surface area (Å²) in [5.74, 6) is 0.997. The molecule has 110 valence electrons. The van der Waals surface area contributed by atoms with Crippen LogP contribution < -0.4 is 4.74 Å². The molecule has 0 amide bonds. The largest absolute Gasteiger partial charge is 0.487 e. The Balaban J connectivity index is 1.93.